The Bertz CT molecular complexity index is 303. The van der Waals surface area contributed by atoms with Crippen LogP contribution in [0.25, 0.3) is 0 Å². The van der Waals surface area contributed by atoms with Crippen LogP contribution in [0.5, 0.6) is 0 Å². The monoisotopic (exact) mass is 194 g/mol. The van der Waals surface area contributed by atoms with Crippen molar-refractivity contribution in [2.45, 2.75) is 45.0 Å². The summed E-state index contributed by atoms with van der Waals surface area (Å²) >= 11 is 0. The van der Waals surface area contributed by atoms with Gasteiger partial charge in [0.15, 0.2) is 0 Å². The van der Waals surface area contributed by atoms with Crippen molar-refractivity contribution in [2.75, 3.05) is 0 Å². The normalized spacial score (nSPS) is 73.5. The van der Waals surface area contributed by atoms with Crippen molar-refractivity contribution in [3.8, 4) is 0 Å². The highest BCUT2D eigenvalue weighted by molar-refractivity contribution is 5.26. The van der Waals surface area contributed by atoms with Crippen molar-refractivity contribution >= 4 is 0 Å². The molecule has 2 heteroatoms. The molecule has 0 spiro atoms. The summed E-state index contributed by atoms with van der Waals surface area (Å²) in [6.07, 6.45) is 3.22. The predicted molar refractivity (Wildman–Crippen MR) is 51.6 cm³/mol. The van der Waals surface area contributed by atoms with Crippen molar-refractivity contribution in [3.63, 3.8) is 0 Å². The highest BCUT2D eigenvalue weighted by atomic mass is 16.6. The second kappa shape index (κ2) is 2.05. The Kier molecular flexibility index (Phi) is 1.19. The van der Waals surface area contributed by atoms with Gasteiger partial charge in [-0.25, -0.2) is 0 Å². The maximum Gasteiger partial charge on any atom is 0.111 e. The average molecular weight is 194 g/mol. The van der Waals surface area contributed by atoms with E-state index in [1.54, 1.807) is 0 Å². The lowest BCUT2D eigenvalue weighted by atomic mass is 9.48. The molecule has 1 N–H and O–H groups in total. The molecule has 0 bridgehead atoms. The van der Waals surface area contributed by atoms with Crippen LogP contribution in [0.15, 0.2) is 0 Å². The lowest BCUT2D eigenvalue weighted by molar-refractivity contribution is -0.164. The molecule has 0 aromatic rings. The van der Waals surface area contributed by atoms with Crippen LogP contribution in [-0.2, 0) is 4.74 Å². The molecule has 8 atom stereocenters. The number of hydrogen-bond acceptors (Lipinski definition) is 2. The standard InChI is InChI=1S/C12H18O2/c1-5-3-4-6-7(5)8-9(13)10-11(14-10)12(6,8)2/h5-11,13H,3-4H2,1-2H3/t5-,6+,7-,8-,9-,10-,11-,12-/m1/s1. The SMILES string of the molecule is C[C@@H]1CC[C@H]2[C@@H]1[C@@H]1[C@@H](O)[C@H]3O[C@H]3[C@@]12C. The first kappa shape index (κ1) is 8.12. The lowest BCUT2D eigenvalue weighted by Crippen LogP contribution is -2.58. The van der Waals surface area contributed by atoms with E-state index in [0.717, 1.165) is 17.8 Å². The minimum atomic E-state index is -0.146. The van der Waals surface area contributed by atoms with Crippen molar-refractivity contribution in [1.82, 2.24) is 0 Å². The van der Waals surface area contributed by atoms with Gasteiger partial charge in [0.25, 0.3) is 0 Å². The van der Waals surface area contributed by atoms with E-state index in [1.807, 2.05) is 0 Å². The summed E-state index contributed by atoms with van der Waals surface area (Å²) < 4.78 is 5.60. The van der Waals surface area contributed by atoms with Crippen molar-refractivity contribution in [1.29, 1.82) is 0 Å². The Morgan fingerprint density at radius 2 is 2.14 bits per heavy atom. The highest BCUT2D eigenvalue weighted by Crippen LogP contribution is 2.75. The van der Waals surface area contributed by atoms with Crippen LogP contribution in [0.4, 0.5) is 0 Å². The molecule has 1 saturated heterocycles. The van der Waals surface area contributed by atoms with Crippen molar-refractivity contribution in [3.05, 3.63) is 0 Å². The fourth-order valence-electron chi connectivity index (χ4n) is 5.18. The summed E-state index contributed by atoms with van der Waals surface area (Å²) in [5.41, 5.74) is 0.347. The molecule has 0 radical (unpaired) electrons. The second-order valence-corrected chi connectivity index (χ2v) is 6.14. The van der Waals surface area contributed by atoms with E-state index >= 15 is 0 Å². The summed E-state index contributed by atoms with van der Waals surface area (Å²) in [7, 11) is 0. The van der Waals surface area contributed by atoms with Gasteiger partial charge in [-0.05, 0) is 30.1 Å². The molecule has 4 fully saturated rings. The molecule has 3 aliphatic carbocycles. The minimum absolute atomic E-state index is 0.146. The second-order valence-electron chi connectivity index (χ2n) is 6.14. The average Bonchev–Trinajstić information content (AvgIpc) is 2.82. The first-order valence-corrected chi connectivity index (χ1v) is 5.99. The quantitative estimate of drug-likeness (QED) is 0.592. The van der Waals surface area contributed by atoms with E-state index in [4.69, 9.17) is 4.74 Å². The van der Waals surface area contributed by atoms with Gasteiger partial charge in [-0.1, -0.05) is 20.3 Å². The Labute approximate surface area is 84.6 Å². The molecule has 3 saturated carbocycles. The molecule has 1 aliphatic heterocycles. The Morgan fingerprint density at radius 1 is 1.36 bits per heavy atom. The van der Waals surface area contributed by atoms with Crippen molar-refractivity contribution < 1.29 is 9.84 Å². The summed E-state index contributed by atoms with van der Waals surface area (Å²) in [5.74, 6) is 3.07. The highest BCUT2D eigenvalue weighted by Gasteiger charge is 2.79. The first-order valence-electron chi connectivity index (χ1n) is 5.99. The zero-order valence-electron chi connectivity index (χ0n) is 8.81. The zero-order chi connectivity index (χ0) is 9.66. The van der Waals surface area contributed by atoms with Gasteiger partial charge in [0, 0.05) is 5.41 Å². The summed E-state index contributed by atoms with van der Waals surface area (Å²) in [4.78, 5) is 0. The van der Waals surface area contributed by atoms with Crippen LogP contribution in [0.3, 0.4) is 0 Å². The van der Waals surface area contributed by atoms with Crippen LogP contribution in [0.1, 0.15) is 26.7 Å². The van der Waals surface area contributed by atoms with Crippen LogP contribution in [0, 0.1) is 29.1 Å². The van der Waals surface area contributed by atoms with Gasteiger partial charge >= 0.3 is 0 Å². The third-order valence-electron chi connectivity index (χ3n) is 5.83. The molecule has 4 aliphatic rings. The molecule has 0 unspecified atom stereocenters. The molecule has 0 aromatic carbocycles. The van der Waals surface area contributed by atoms with Crippen LogP contribution >= 0.6 is 0 Å². The number of rotatable bonds is 0. The fourth-order valence-corrected chi connectivity index (χ4v) is 5.18. The molecule has 1 heterocycles. The molecule has 14 heavy (non-hydrogen) atoms. The Hall–Kier alpha value is -0.0800. The molecule has 2 nitrogen and oxygen atoms in total. The molecule has 0 amide bonds. The molecular formula is C12H18O2. The van der Waals surface area contributed by atoms with Gasteiger partial charge in [-0.3, -0.25) is 0 Å². The summed E-state index contributed by atoms with van der Waals surface area (Å²) in [5, 5.41) is 10.1. The maximum absolute atomic E-state index is 10.1. The largest absolute Gasteiger partial charge is 0.390 e. The molecular weight excluding hydrogens is 176 g/mol. The number of fused-ring (bicyclic) bond motifs is 6. The number of ether oxygens (including phenoxy) is 1. The Morgan fingerprint density at radius 3 is 2.93 bits per heavy atom. The number of aliphatic hydroxyl groups excluding tert-OH is 1. The van der Waals surface area contributed by atoms with Crippen LogP contribution in [0.2, 0.25) is 0 Å². The van der Waals surface area contributed by atoms with E-state index in [9.17, 15) is 5.11 Å². The summed E-state index contributed by atoms with van der Waals surface area (Å²) in [6.45, 7) is 4.72. The smallest absolute Gasteiger partial charge is 0.111 e. The number of epoxide rings is 1. The predicted octanol–water partition coefficient (Wildman–Crippen LogP) is 1.43. The van der Waals surface area contributed by atoms with Gasteiger partial charge in [0.2, 0.25) is 0 Å². The van der Waals surface area contributed by atoms with E-state index in [2.05, 4.69) is 13.8 Å². The first-order chi connectivity index (χ1) is 6.65. The van der Waals surface area contributed by atoms with Gasteiger partial charge in [0.1, 0.15) is 6.10 Å². The van der Waals surface area contributed by atoms with E-state index in [-0.39, 0.29) is 12.2 Å². The zero-order valence-corrected chi connectivity index (χ0v) is 8.81. The Balaban J connectivity index is 1.76. The van der Waals surface area contributed by atoms with E-state index in [0.29, 0.717) is 17.4 Å². The van der Waals surface area contributed by atoms with Crippen LogP contribution < -0.4 is 0 Å². The van der Waals surface area contributed by atoms with Gasteiger partial charge < -0.3 is 9.84 Å². The van der Waals surface area contributed by atoms with Crippen LogP contribution in [-0.4, -0.2) is 23.4 Å². The molecule has 4 rings (SSSR count). The van der Waals surface area contributed by atoms with Gasteiger partial charge in [-0.15, -0.1) is 0 Å². The maximum atomic E-state index is 10.1. The fraction of sp³-hybridized carbons (Fsp3) is 1.00. The minimum Gasteiger partial charge on any atom is -0.390 e. The molecule has 78 valence electrons. The summed E-state index contributed by atoms with van der Waals surface area (Å²) in [6, 6.07) is 0. The molecule has 0 aromatic heterocycles. The van der Waals surface area contributed by atoms with Crippen molar-refractivity contribution in [2.24, 2.45) is 29.1 Å². The van der Waals surface area contributed by atoms with Gasteiger partial charge in [0.05, 0.1) is 12.2 Å². The topological polar surface area (TPSA) is 32.8 Å². The third-order valence-corrected chi connectivity index (χ3v) is 5.83. The van der Waals surface area contributed by atoms with E-state index in [1.165, 1.54) is 12.8 Å². The third kappa shape index (κ3) is 0.594. The lowest BCUT2D eigenvalue weighted by Gasteiger charge is -2.57. The number of aliphatic hydroxyl groups is 1. The number of hydrogen-bond donors (Lipinski definition) is 1. The van der Waals surface area contributed by atoms with Gasteiger partial charge in [-0.2, -0.15) is 0 Å². The van der Waals surface area contributed by atoms with E-state index < -0.39 is 0 Å².